The molecule has 0 spiro atoms. The first kappa shape index (κ1) is 29.9. The second-order valence-electron chi connectivity index (χ2n) is 10.2. The Hall–Kier alpha value is -4.10. The van der Waals surface area contributed by atoms with Gasteiger partial charge in [-0.3, -0.25) is 9.59 Å². The number of carbonyl (C=O) groups is 2. The van der Waals surface area contributed by atoms with Crippen molar-refractivity contribution in [2.45, 2.75) is 46.8 Å². The highest BCUT2D eigenvalue weighted by Gasteiger charge is 2.46. The minimum atomic E-state index is -0.718. The third-order valence-electron chi connectivity index (χ3n) is 7.45. The van der Waals surface area contributed by atoms with Gasteiger partial charge in [0.15, 0.2) is 0 Å². The van der Waals surface area contributed by atoms with Crippen LogP contribution in [0.4, 0.5) is 0 Å². The number of benzene rings is 3. The van der Waals surface area contributed by atoms with Gasteiger partial charge >= 0.3 is 0 Å². The number of hydrogen-bond donors (Lipinski definition) is 1. The van der Waals surface area contributed by atoms with Gasteiger partial charge in [-0.15, -0.1) is 0 Å². The molecule has 1 fully saturated rings. The van der Waals surface area contributed by atoms with Crippen LogP contribution in [0.15, 0.2) is 78.4 Å². The summed E-state index contributed by atoms with van der Waals surface area (Å²) in [6.07, 6.45) is 0.883. The van der Waals surface area contributed by atoms with Gasteiger partial charge < -0.3 is 24.4 Å². The Morgan fingerprint density at radius 1 is 0.927 bits per heavy atom. The summed E-state index contributed by atoms with van der Waals surface area (Å²) in [5.74, 6) is -0.0666. The molecule has 0 bridgehead atoms. The summed E-state index contributed by atoms with van der Waals surface area (Å²) in [6.45, 7) is 11.8. The fourth-order valence-electron chi connectivity index (χ4n) is 5.06. The smallest absolute Gasteiger partial charge is 0.295 e. The molecule has 41 heavy (non-hydrogen) atoms. The number of nitrogens with zero attached hydrogens (tertiary/aromatic N) is 2. The SMILES string of the molecule is CCCOc1ccc(C(O)=C2C(=O)C(=O)N(CCN(CC)CC)C2c2ccc(OCc3ccccc3)cc2)cc1C. The van der Waals surface area contributed by atoms with Crippen molar-refractivity contribution >= 4 is 17.4 Å². The average molecular weight is 557 g/mol. The molecule has 4 rings (SSSR count). The molecule has 1 atom stereocenters. The van der Waals surface area contributed by atoms with Gasteiger partial charge in [0, 0.05) is 18.7 Å². The van der Waals surface area contributed by atoms with E-state index < -0.39 is 17.7 Å². The van der Waals surface area contributed by atoms with Crippen LogP contribution in [0.3, 0.4) is 0 Å². The zero-order valence-corrected chi connectivity index (χ0v) is 24.4. The van der Waals surface area contributed by atoms with E-state index in [-0.39, 0.29) is 11.3 Å². The molecule has 216 valence electrons. The van der Waals surface area contributed by atoms with E-state index in [0.717, 1.165) is 42.0 Å². The molecule has 0 radical (unpaired) electrons. The first-order valence-corrected chi connectivity index (χ1v) is 14.4. The lowest BCUT2D eigenvalue weighted by Gasteiger charge is -2.28. The monoisotopic (exact) mass is 556 g/mol. The molecule has 0 aliphatic carbocycles. The number of likely N-dealkylation sites (tertiary alicyclic amines) is 1. The van der Waals surface area contributed by atoms with Gasteiger partial charge in [0.2, 0.25) is 0 Å². The van der Waals surface area contributed by atoms with Crippen molar-refractivity contribution in [1.82, 2.24) is 9.80 Å². The van der Waals surface area contributed by atoms with Crippen LogP contribution in [0.1, 0.15) is 55.5 Å². The zero-order chi connectivity index (χ0) is 29.4. The molecule has 1 aliphatic rings. The van der Waals surface area contributed by atoms with Gasteiger partial charge in [0.25, 0.3) is 11.7 Å². The topological polar surface area (TPSA) is 79.3 Å². The third kappa shape index (κ3) is 6.98. The summed E-state index contributed by atoms with van der Waals surface area (Å²) in [6, 6.07) is 21.9. The molecule has 1 saturated heterocycles. The van der Waals surface area contributed by atoms with E-state index in [2.05, 4.69) is 18.7 Å². The minimum absolute atomic E-state index is 0.0918. The summed E-state index contributed by atoms with van der Waals surface area (Å²) >= 11 is 0. The molecule has 1 aliphatic heterocycles. The van der Waals surface area contributed by atoms with Gasteiger partial charge in [-0.2, -0.15) is 0 Å². The molecular formula is C34H40N2O5. The van der Waals surface area contributed by atoms with E-state index >= 15 is 0 Å². The van der Waals surface area contributed by atoms with Crippen molar-refractivity contribution in [3.63, 3.8) is 0 Å². The Balaban J connectivity index is 1.68. The fourth-order valence-corrected chi connectivity index (χ4v) is 5.06. The molecule has 1 N–H and O–H groups in total. The van der Waals surface area contributed by atoms with E-state index in [0.29, 0.717) is 37.6 Å². The normalized spacial score (nSPS) is 16.4. The average Bonchev–Trinajstić information content (AvgIpc) is 3.25. The molecule has 3 aromatic carbocycles. The molecule has 1 unspecified atom stereocenters. The Morgan fingerprint density at radius 2 is 1.63 bits per heavy atom. The van der Waals surface area contributed by atoms with E-state index in [1.165, 1.54) is 0 Å². The van der Waals surface area contributed by atoms with Crippen molar-refractivity contribution in [1.29, 1.82) is 0 Å². The van der Waals surface area contributed by atoms with Crippen molar-refractivity contribution < 1.29 is 24.2 Å². The van der Waals surface area contributed by atoms with E-state index in [9.17, 15) is 14.7 Å². The summed E-state index contributed by atoms with van der Waals surface area (Å²) in [5.41, 5.74) is 3.20. The summed E-state index contributed by atoms with van der Waals surface area (Å²) in [5, 5.41) is 11.5. The maximum Gasteiger partial charge on any atom is 0.295 e. The Morgan fingerprint density at radius 3 is 2.27 bits per heavy atom. The molecule has 1 heterocycles. The molecule has 0 saturated carbocycles. The number of ketones is 1. The lowest BCUT2D eigenvalue weighted by molar-refractivity contribution is -0.140. The Bertz CT molecular complexity index is 1360. The van der Waals surface area contributed by atoms with Crippen LogP contribution in [-0.4, -0.2) is 59.4 Å². The number of aliphatic hydroxyl groups is 1. The second-order valence-corrected chi connectivity index (χ2v) is 10.2. The second kappa shape index (κ2) is 14.0. The number of likely N-dealkylation sites (N-methyl/N-ethyl adjacent to an activating group) is 1. The molecule has 3 aromatic rings. The standard InChI is InChI=1S/C34H40N2O5/c1-5-21-40-29-18-15-27(22-24(29)4)32(37)30-31(36(34(39)33(30)38)20-19-35(6-2)7-3)26-13-16-28(17-14-26)41-23-25-11-9-8-10-12-25/h8-18,22,31,37H,5-7,19-21,23H2,1-4H3. The van der Waals surface area contributed by atoms with Crippen molar-refractivity contribution in [3.05, 3.63) is 101 Å². The number of ether oxygens (including phenoxy) is 2. The van der Waals surface area contributed by atoms with Crippen LogP contribution in [0.2, 0.25) is 0 Å². The van der Waals surface area contributed by atoms with Crippen LogP contribution in [0, 0.1) is 6.92 Å². The predicted molar refractivity (Wildman–Crippen MR) is 161 cm³/mol. The number of aryl methyl sites for hydroxylation is 1. The highest BCUT2D eigenvalue weighted by molar-refractivity contribution is 6.46. The number of hydrogen-bond acceptors (Lipinski definition) is 6. The van der Waals surface area contributed by atoms with Crippen molar-refractivity contribution in [3.8, 4) is 11.5 Å². The summed E-state index contributed by atoms with van der Waals surface area (Å²) in [7, 11) is 0. The van der Waals surface area contributed by atoms with Crippen LogP contribution in [0.25, 0.3) is 5.76 Å². The van der Waals surface area contributed by atoms with Gasteiger partial charge in [-0.25, -0.2) is 0 Å². The largest absolute Gasteiger partial charge is 0.507 e. The van der Waals surface area contributed by atoms with Crippen LogP contribution in [-0.2, 0) is 16.2 Å². The Kier molecular flexibility index (Phi) is 10.2. The number of amides is 1. The first-order chi connectivity index (χ1) is 19.9. The quantitative estimate of drug-likeness (QED) is 0.155. The Labute approximate surface area is 243 Å². The van der Waals surface area contributed by atoms with E-state index in [4.69, 9.17) is 9.47 Å². The fraction of sp³-hybridized carbons (Fsp3) is 0.353. The first-order valence-electron chi connectivity index (χ1n) is 14.4. The molecule has 7 heteroatoms. The van der Waals surface area contributed by atoms with E-state index in [1.54, 1.807) is 23.1 Å². The maximum absolute atomic E-state index is 13.4. The molecular weight excluding hydrogens is 516 g/mol. The highest BCUT2D eigenvalue weighted by Crippen LogP contribution is 2.40. The maximum atomic E-state index is 13.4. The third-order valence-corrected chi connectivity index (χ3v) is 7.45. The summed E-state index contributed by atoms with van der Waals surface area (Å²) in [4.78, 5) is 30.6. The highest BCUT2D eigenvalue weighted by atomic mass is 16.5. The minimum Gasteiger partial charge on any atom is -0.507 e. The number of rotatable bonds is 13. The predicted octanol–water partition coefficient (Wildman–Crippen LogP) is 6.13. The lowest BCUT2D eigenvalue weighted by atomic mass is 9.94. The zero-order valence-electron chi connectivity index (χ0n) is 24.4. The van der Waals surface area contributed by atoms with Crippen molar-refractivity contribution in [2.75, 3.05) is 32.8 Å². The van der Waals surface area contributed by atoms with Gasteiger partial charge in [0.05, 0.1) is 18.2 Å². The van der Waals surface area contributed by atoms with Gasteiger partial charge in [0.1, 0.15) is 23.9 Å². The van der Waals surface area contributed by atoms with Gasteiger partial charge in [-0.05, 0) is 73.5 Å². The van der Waals surface area contributed by atoms with E-state index in [1.807, 2.05) is 68.4 Å². The van der Waals surface area contributed by atoms with Crippen LogP contribution < -0.4 is 9.47 Å². The van der Waals surface area contributed by atoms with Crippen LogP contribution in [0.5, 0.6) is 11.5 Å². The summed E-state index contributed by atoms with van der Waals surface area (Å²) < 4.78 is 11.7. The van der Waals surface area contributed by atoms with Crippen molar-refractivity contribution in [2.24, 2.45) is 0 Å². The molecule has 7 nitrogen and oxygen atoms in total. The molecule has 0 aromatic heterocycles. The number of carbonyl (C=O) groups excluding carboxylic acids is 2. The number of aliphatic hydroxyl groups excluding tert-OH is 1. The van der Waals surface area contributed by atoms with Gasteiger partial charge in [-0.1, -0.05) is 63.2 Å². The number of Topliss-reactive ketones (excluding diaryl/α,β-unsaturated/α-hetero) is 1. The van der Waals surface area contributed by atoms with Crippen LogP contribution >= 0.6 is 0 Å². The lowest BCUT2D eigenvalue weighted by Crippen LogP contribution is -2.38. The molecule has 1 amide bonds.